The number of hydrogen-bond acceptors (Lipinski definition) is 4. The van der Waals surface area contributed by atoms with Crippen LogP contribution in [0.15, 0.2) is 0 Å². The van der Waals surface area contributed by atoms with Crippen molar-refractivity contribution in [1.82, 2.24) is 4.98 Å². The van der Waals surface area contributed by atoms with Crippen molar-refractivity contribution in [3.05, 3.63) is 10.0 Å². The largest absolute Gasteiger partial charge is 0.477 e. The summed E-state index contributed by atoms with van der Waals surface area (Å²) in [6.07, 6.45) is 4.75. The van der Waals surface area contributed by atoms with E-state index in [4.69, 9.17) is 16.7 Å². The molecule has 0 radical (unpaired) electrons. The number of hydrogen-bond donors (Lipinski definition) is 1. The van der Waals surface area contributed by atoms with Crippen molar-refractivity contribution < 1.29 is 9.90 Å². The zero-order valence-electron chi connectivity index (χ0n) is 8.78. The van der Waals surface area contributed by atoms with Crippen LogP contribution >= 0.6 is 22.9 Å². The maximum Gasteiger partial charge on any atom is 0.349 e. The van der Waals surface area contributed by atoms with Gasteiger partial charge in [-0.1, -0.05) is 35.8 Å². The fourth-order valence-electron chi connectivity index (χ4n) is 1.82. The van der Waals surface area contributed by atoms with Crippen molar-refractivity contribution in [3.63, 3.8) is 0 Å². The summed E-state index contributed by atoms with van der Waals surface area (Å²) in [5, 5.41) is 9.75. The number of carboxylic acids is 1. The minimum absolute atomic E-state index is 0.108. The van der Waals surface area contributed by atoms with E-state index in [0.29, 0.717) is 0 Å². The fourth-order valence-corrected chi connectivity index (χ4v) is 3.00. The highest BCUT2D eigenvalue weighted by molar-refractivity contribution is 7.18. The number of rotatable bonds is 2. The van der Waals surface area contributed by atoms with Gasteiger partial charge in [-0.15, -0.1) is 0 Å². The number of thiazole rings is 1. The smallest absolute Gasteiger partial charge is 0.349 e. The molecule has 0 saturated carbocycles. The van der Waals surface area contributed by atoms with Gasteiger partial charge in [0.15, 0.2) is 15.2 Å². The van der Waals surface area contributed by atoms with Gasteiger partial charge < -0.3 is 10.0 Å². The van der Waals surface area contributed by atoms with E-state index in [1.165, 1.54) is 24.2 Å². The lowest BCUT2D eigenvalue weighted by Gasteiger charge is -2.18. The molecule has 2 heterocycles. The molecule has 4 nitrogen and oxygen atoms in total. The van der Waals surface area contributed by atoms with Gasteiger partial charge in [-0.25, -0.2) is 9.78 Å². The van der Waals surface area contributed by atoms with Crippen LogP contribution in [0.25, 0.3) is 0 Å². The third-order valence-electron chi connectivity index (χ3n) is 2.65. The van der Waals surface area contributed by atoms with E-state index in [-0.39, 0.29) is 10.0 Å². The van der Waals surface area contributed by atoms with Crippen LogP contribution in [0, 0.1) is 0 Å². The molecule has 6 heteroatoms. The van der Waals surface area contributed by atoms with Crippen LogP contribution < -0.4 is 4.90 Å². The number of carbonyl (C=O) groups is 1. The molecule has 1 aliphatic rings. The first-order chi connectivity index (χ1) is 7.68. The normalized spacial score (nSPS) is 17.2. The summed E-state index contributed by atoms with van der Waals surface area (Å²) in [5.41, 5.74) is 0. The summed E-state index contributed by atoms with van der Waals surface area (Å²) < 4.78 is 0. The number of carboxylic acid groups (broad SMARTS) is 1. The summed E-state index contributed by atoms with van der Waals surface area (Å²) in [5.74, 6) is -0.997. The number of anilines is 1. The van der Waals surface area contributed by atoms with Crippen molar-refractivity contribution in [2.45, 2.75) is 25.7 Å². The topological polar surface area (TPSA) is 53.4 Å². The summed E-state index contributed by atoms with van der Waals surface area (Å²) in [7, 11) is 0. The molecule has 16 heavy (non-hydrogen) atoms. The average molecular weight is 261 g/mol. The lowest BCUT2D eigenvalue weighted by Crippen LogP contribution is -2.23. The second kappa shape index (κ2) is 5.01. The van der Waals surface area contributed by atoms with E-state index in [9.17, 15) is 4.79 Å². The second-order valence-electron chi connectivity index (χ2n) is 3.82. The molecule has 1 aliphatic heterocycles. The monoisotopic (exact) mass is 260 g/mol. The lowest BCUT2D eigenvalue weighted by atomic mass is 10.2. The van der Waals surface area contributed by atoms with Crippen molar-refractivity contribution in [2.75, 3.05) is 18.0 Å². The summed E-state index contributed by atoms with van der Waals surface area (Å²) in [4.78, 5) is 17.3. The molecule has 0 atom stereocenters. The van der Waals surface area contributed by atoms with Gasteiger partial charge in [0.25, 0.3) is 0 Å². The molecule has 0 spiro atoms. The van der Waals surface area contributed by atoms with E-state index in [0.717, 1.165) is 31.1 Å². The first-order valence-corrected chi connectivity index (χ1v) is 6.52. The van der Waals surface area contributed by atoms with Crippen LogP contribution in [0.1, 0.15) is 35.4 Å². The summed E-state index contributed by atoms with van der Waals surface area (Å²) in [6, 6.07) is 0. The Hall–Kier alpha value is -0.810. The fraction of sp³-hybridized carbons (Fsp3) is 0.600. The third kappa shape index (κ3) is 2.47. The van der Waals surface area contributed by atoms with Crippen LogP contribution in [-0.2, 0) is 0 Å². The SMILES string of the molecule is O=C(O)c1sc(N2CCCCCC2)nc1Cl. The number of aromatic nitrogens is 1. The van der Waals surface area contributed by atoms with Gasteiger partial charge in [0.1, 0.15) is 0 Å². The molecule has 0 aromatic carbocycles. The van der Waals surface area contributed by atoms with E-state index < -0.39 is 5.97 Å². The maximum absolute atomic E-state index is 10.9. The lowest BCUT2D eigenvalue weighted by molar-refractivity contribution is 0.0702. The van der Waals surface area contributed by atoms with E-state index >= 15 is 0 Å². The Morgan fingerprint density at radius 2 is 1.94 bits per heavy atom. The Morgan fingerprint density at radius 1 is 1.31 bits per heavy atom. The van der Waals surface area contributed by atoms with Gasteiger partial charge in [-0.2, -0.15) is 0 Å². The van der Waals surface area contributed by atoms with Crippen LogP contribution in [-0.4, -0.2) is 29.1 Å². The second-order valence-corrected chi connectivity index (χ2v) is 5.16. The molecule has 0 unspecified atom stereocenters. The predicted octanol–water partition coefficient (Wildman–Crippen LogP) is 2.88. The molecule has 1 aromatic rings. The average Bonchev–Trinajstić information content (AvgIpc) is 2.50. The molecule has 88 valence electrons. The molecule has 1 N–H and O–H groups in total. The molecule has 1 fully saturated rings. The quantitative estimate of drug-likeness (QED) is 0.888. The Balaban J connectivity index is 2.19. The van der Waals surface area contributed by atoms with Gasteiger partial charge in [0.05, 0.1) is 0 Å². The predicted molar refractivity (Wildman–Crippen MR) is 64.8 cm³/mol. The maximum atomic E-state index is 10.9. The zero-order chi connectivity index (χ0) is 11.5. The minimum Gasteiger partial charge on any atom is -0.477 e. The highest BCUT2D eigenvalue weighted by Crippen LogP contribution is 2.30. The molecule has 1 aromatic heterocycles. The molecular weight excluding hydrogens is 248 g/mol. The number of halogens is 1. The van der Waals surface area contributed by atoms with Gasteiger partial charge in [0, 0.05) is 13.1 Å². The minimum atomic E-state index is -0.997. The zero-order valence-corrected chi connectivity index (χ0v) is 10.4. The summed E-state index contributed by atoms with van der Waals surface area (Å²) in [6.45, 7) is 1.89. The number of aromatic carboxylic acids is 1. The van der Waals surface area contributed by atoms with Crippen molar-refractivity contribution in [2.24, 2.45) is 0 Å². The van der Waals surface area contributed by atoms with Crippen LogP contribution in [0.2, 0.25) is 5.15 Å². The first-order valence-electron chi connectivity index (χ1n) is 5.33. The van der Waals surface area contributed by atoms with Crippen LogP contribution in [0.4, 0.5) is 5.13 Å². The van der Waals surface area contributed by atoms with Crippen molar-refractivity contribution in [1.29, 1.82) is 0 Å². The van der Waals surface area contributed by atoms with Crippen LogP contribution in [0.3, 0.4) is 0 Å². The highest BCUT2D eigenvalue weighted by atomic mass is 35.5. The first kappa shape index (κ1) is 11.7. The van der Waals surface area contributed by atoms with E-state index in [1.54, 1.807) is 0 Å². The van der Waals surface area contributed by atoms with Crippen LogP contribution in [0.5, 0.6) is 0 Å². The molecular formula is C10H13ClN2O2S. The van der Waals surface area contributed by atoms with Crippen molar-refractivity contribution in [3.8, 4) is 0 Å². The third-order valence-corrected chi connectivity index (χ3v) is 4.14. The molecule has 1 saturated heterocycles. The Kier molecular flexibility index (Phi) is 3.66. The summed E-state index contributed by atoms with van der Waals surface area (Å²) >= 11 is 6.96. The number of nitrogens with zero attached hydrogens (tertiary/aromatic N) is 2. The highest BCUT2D eigenvalue weighted by Gasteiger charge is 2.20. The Morgan fingerprint density at radius 3 is 2.44 bits per heavy atom. The van der Waals surface area contributed by atoms with E-state index in [1.807, 2.05) is 0 Å². The Labute approximate surface area is 103 Å². The molecule has 0 bridgehead atoms. The molecule has 0 amide bonds. The molecule has 2 rings (SSSR count). The standard InChI is InChI=1S/C10H13ClN2O2S/c11-8-7(9(14)15)16-10(12-8)13-5-3-1-2-4-6-13/h1-6H2,(H,14,15). The van der Waals surface area contributed by atoms with Gasteiger partial charge in [-0.3, -0.25) is 0 Å². The van der Waals surface area contributed by atoms with E-state index in [2.05, 4.69) is 9.88 Å². The Bertz CT molecular complexity index is 386. The van der Waals surface area contributed by atoms with Gasteiger partial charge in [-0.05, 0) is 12.8 Å². The van der Waals surface area contributed by atoms with Gasteiger partial charge in [0.2, 0.25) is 0 Å². The molecule has 0 aliphatic carbocycles. The van der Waals surface area contributed by atoms with Gasteiger partial charge >= 0.3 is 5.97 Å². The van der Waals surface area contributed by atoms with Crippen molar-refractivity contribution >= 4 is 34.0 Å².